The van der Waals surface area contributed by atoms with Crippen molar-refractivity contribution in [2.75, 3.05) is 0 Å². The number of hydrogen-bond acceptors (Lipinski definition) is 2. The molecule has 0 saturated carbocycles. The second kappa shape index (κ2) is 6.76. The number of hydrogen-bond donors (Lipinski definition) is 2. The molecule has 0 radical (unpaired) electrons. The van der Waals surface area contributed by atoms with E-state index in [1.54, 1.807) is 0 Å². The van der Waals surface area contributed by atoms with Gasteiger partial charge >= 0.3 is 5.97 Å². The first-order chi connectivity index (χ1) is 8.40. The highest BCUT2D eigenvalue weighted by molar-refractivity contribution is 6.31. The van der Waals surface area contributed by atoms with E-state index in [0.717, 1.165) is 11.1 Å². The first-order valence-electron chi connectivity index (χ1n) is 6.11. The molecule has 1 aromatic rings. The van der Waals surface area contributed by atoms with Gasteiger partial charge in [-0.05, 0) is 36.5 Å². The molecule has 1 atom stereocenters. The number of carbonyl (C=O) groups is 1. The molecule has 0 unspecified atom stereocenters. The Morgan fingerprint density at radius 3 is 2.61 bits per heavy atom. The Morgan fingerprint density at radius 2 is 2.11 bits per heavy atom. The third kappa shape index (κ3) is 4.67. The molecule has 0 bridgehead atoms. The molecule has 0 amide bonds. The Hall–Kier alpha value is -1.06. The number of halogens is 1. The van der Waals surface area contributed by atoms with Gasteiger partial charge in [-0.3, -0.25) is 4.79 Å². The van der Waals surface area contributed by atoms with E-state index in [2.05, 4.69) is 5.32 Å². The number of carboxylic acids is 1. The summed E-state index contributed by atoms with van der Waals surface area (Å²) in [6.07, 6.45) is 0.620. The lowest BCUT2D eigenvalue weighted by molar-refractivity contribution is -0.140. The molecule has 0 aromatic heterocycles. The van der Waals surface area contributed by atoms with E-state index in [-0.39, 0.29) is 0 Å². The summed E-state index contributed by atoms with van der Waals surface area (Å²) in [5.74, 6) is -0.456. The van der Waals surface area contributed by atoms with Crippen molar-refractivity contribution in [3.63, 3.8) is 0 Å². The van der Waals surface area contributed by atoms with Crippen LogP contribution in [-0.4, -0.2) is 17.1 Å². The van der Waals surface area contributed by atoms with Gasteiger partial charge in [0, 0.05) is 11.6 Å². The lowest BCUT2D eigenvalue weighted by atomic mass is 10.0. The molecule has 100 valence electrons. The van der Waals surface area contributed by atoms with Crippen LogP contribution in [0.3, 0.4) is 0 Å². The monoisotopic (exact) mass is 269 g/mol. The minimum Gasteiger partial charge on any atom is -0.480 e. The van der Waals surface area contributed by atoms with Gasteiger partial charge in [0.1, 0.15) is 6.04 Å². The summed E-state index contributed by atoms with van der Waals surface area (Å²) in [7, 11) is 0. The molecule has 0 aliphatic carbocycles. The molecule has 4 heteroatoms. The molecular formula is C14H20ClNO2. The number of benzene rings is 1. The molecule has 0 spiro atoms. The summed E-state index contributed by atoms with van der Waals surface area (Å²) < 4.78 is 0. The molecule has 0 fully saturated rings. The number of nitrogens with one attached hydrogen (secondary N) is 1. The normalized spacial score (nSPS) is 12.7. The number of aryl methyl sites for hydroxylation is 1. The van der Waals surface area contributed by atoms with Crippen molar-refractivity contribution >= 4 is 17.6 Å². The standard InChI is InChI=1S/C14H20ClNO2/c1-9(2)6-13(14(17)18)16-8-11-5-4-10(3)12(15)7-11/h4-5,7,9,13,16H,6,8H2,1-3H3,(H,17,18)/t13-/m1/s1. The van der Waals surface area contributed by atoms with Gasteiger partial charge < -0.3 is 10.4 Å². The summed E-state index contributed by atoms with van der Waals surface area (Å²) in [5.41, 5.74) is 2.03. The van der Waals surface area contributed by atoms with E-state index in [4.69, 9.17) is 16.7 Å². The van der Waals surface area contributed by atoms with E-state index in [0.29, 0.717) is 23.9 Å². The smallest absolute Gasteiger partial charge is 0.320 e. The van der Waals surface area contributed by atoms with Crippen LogP contribution in [-0.2, 0) is 11.3 Å². The summed E-state index contributed by atoms with van der Waals surface area (Å²) in [4.78, 5) is 11.1. The maximum atomic E-state index is 11.1. The molecule has 2 N–H and O–H groups in total. The number of aliphatic carboxylic acids is 1. The van der Waals surface area contributed by atoms with Crippen LogP contribution >= 0.6 is 11.6 Å². The Balaban J connectivity index is 2.61. The van der Waals surface area contributed by atoms with Gasteiger partial charge in [-0.25, -0.2) is 0 Å². The SMILES string of the molecule is Cc1ccc(CN[C@H](CC(C)C)C(=O)O)cc1Cl. The molecule has 18 heavy (non-hydrogen) atoms. The van der Waals surface area contributed by atoms with Crippen molar-refractivity contribution < 1.29 is 9.90 Å². The predicted molar refractivity (Wildman–Crippen MR) is 73.9 cm³/mol. The Bertz CT molecular complexity index is 418. The highest BCUT2D eigenvalue weighted by Crippen LogP contribution is 2.17. The molecule has 0 saturated heterocycles. The first kappa shape index (κ1) is 15.0. The van der Waals surface area contributed by atoms with Gasteiger partial charge in [-0.2, -0.15) is 0 Å². The number of carboxylic acid groups (broad SMARTS) is 1. The van der Waals surface area contributed by atoms with Crippen molar-refractivity contribution in [3.05, 3.63) is 34.3 Å². The van der Waals surface area contributed by atoms with Crippen molar-refractivity contribution in [2.45, 2.75) is 39.8 Å². The lowest BCUT2D eigenvalue weighted by Crippen LogP contribution is -2.37. The molecule has 0 heterocycles. The zero-order valence-electron chi connectivity index (χ0n) is 11.0. The van der Waals surface area contributed by atoms with E-state index in [1.165, 1.54) is 0 Å². The Morgan fingerprint density at radius 1 is 1.44 bits per heavy atom. The fourth-order valence-corrected chi connectivity index (χ4v) is 1.93. The number of rotatable bonds is 6. The van der Waals surface area contributed by atoms with Crippen molar-refractivity contribution in [2.24, 2.45) is 5.92 Å². The Labute approximate surface area is 113 Å². The summed E-state index contributed by atoms with van der Waals surface area (Å²) in [6.45, 7) is 6.49. The zero-order chi connectivity index (χ0) is 13.7. The van der Waals surface area contributed by atoms with Crippen molar-refractivity contribution in [1.82, 2.24) is 5.32 Å². The average molecular weight is 270 g/mol. The van der Waals surface area contributed by atoms with Crippen molar-refractivity contribution in [3.8, 4) is 0 Å². The summed E-state index contributed by atoms with van der Waals surface area (Å²) >= 11 is 6.03. The minimum absolute atomic E-state index is 0.347. The second-order valence-corrected chi connectivity index (χ2v) is 5.39. The molecule has 0 aliphatic rings. The molecule has 1 aromatic carbocycles. The fraction of sp³-hybridized carbons (Fsp3) is 0.500. The van der Waals surface area contributed by atoms with Gasteiger partial charge in [0.05, 0.1) is 0 Å². The van der Waals surface area contributed by atoms with Crippen LogP contribution in [0.25, 0.3) is 0 Å². The van der Waals surface area contributed by atoms with E-state index < -0.39 is 12.0 Å². The zero-order valence-corrected chi connectivity index (χ0v) is 11.8. The van der Waals surface area contributed by atoms with Gasteiger partial charge in [-0.1, -0.05) is 37.6 Å². The minimum atomic E-state index is -0.804. The predicted octanol–water partition coefficient (Wildman–Crippen LogP) is 3.24. The second-order valence-electron chi connectivity index (χ2n) is 4.98. The molecule has 0 aliphatic heterocycles. The van der Waals surface area contributed by atoms with Crippen LogP contribution in [0, 0.1) is 12.8 Å². The molecular weight excluding hydrogens is 250 g/mol. The van der Waals surface area contributed by atoms with Gasteiger partial charge in [-0.15, -0.1) is 0 Å². The summed E-state index contributed by atoms with van der Waals surface area (Å²) in [5, 5.41) is 12.9. The van der Waals surface area contributed by atoms with Gasteiger partial charge in [0.25, 0.3) is 0 Å². The average Bonchev–Trinajstić information content (AvgIpc) is 2.28. The van der Waals surface area contributed by atoms with Crippen LogP contribution in [0.15, 0.2) is 18.2 Å². The maximum Gasteiger partial charge on any atom is 0.320 e. The van der Waals surface area contributed by atoms with Crippen LogP contribution in [0.5, 0.6) is 0 Å². The van der Waals surface area contributed by atoms with Gasteiger partial charge in [0.15, 0.2) is 0 Å². The first-order valence-corrected chi connectivity index (χ1v) is 6.49. The van der Waals surface area contributed by atoms with E-state index in [1.807, 2.05) is 39.0 Å². The van der Waals surface area contributed by atoms with E-state index in [9.17, 15) is 4.79 Å². The highest BCUT2D eigenvalue weighted by atomic mass is 35.5. The van der Waals surface area contributed by atoms with Crippen LogP contribution in [0.1, 0.15) is 31.4 Å². The molecule has 3 nitrogen and oxygen atoms in total. The summed E-state index contributed by atoms with van der Waals surface area (Å²) in [6, 6.07) is 5.27. The molecule has 1 rings (SSSR count). The third-order valence-electron chi connectivity index (χ3n) is 2.79. The largest absolute Gasteiger partial charge is 0.480 e. The lowest BCUT2D eigenvalue weighted by Gasteiger charge is -2.16. The third-order valence-corrected chi connectivity index (χ3v) is 3.20. The highest BCUT2D eigenvalue weighted by Gasteiger charge is 2.17. The topological polar surface area (TPSA) is 49.3 Å². The van der Waals surface area contributed by atoms with E-state index >= 15 is 0 Å². The van der Waals surface area contributed by atoms with Gasteiger partial charge in [0.2, 0.25) is 0 Å². The van der Waals surface area contributed by atoms with Crippen molar-refractivity contribution in [1.29, 1.82) is 0 Å². The fourth-order valence-electron chi connectivity index (χ4n) is 1.73. The van der Waals surface area contributed by atoms with Crippen LogP contribution < -0.4 is 5.32 Å². The Kier molecular flexibility index (Phi) is 5.63. The quantitative estimate of drug-likeness (QED) is 0.834. The maximum absolute atomic E-state index is 11.1. The van der Waals surface area contributed by atoms with Crippen LogP contribution in [0.2, 0.25) is 5.02 Å². The van der Waals surface area contributed by atoms with Crippen LogP contribution in [0.4, 0.5) is 0 Å².